The first-order valence-electron chi connectivity index (χ1n) is 5.06. The van der Waals surface area contributed by atoms with E-state index in [1.54, 1.807) is 17.1 Å². The zero-order valence-corrected chi connectivity index (χ0v) is 9.09. The fourth-order valence-electron chi connectivity index (χ4n) is 1.35. The van der Waals surface area contributed by atoms with E-state index in [4.69, 9.17) is 5.73 Å². The second-order valence-electron chi connectivity index (χ2n) is 3.48. The van der Waals surface area contributed by atoms with Crippen LogP contribution in [0.25, 0.3) is 0 Å². The van der Waals surface area contributed by atoms with Gasteiger partial charge in [-0.05, 0) is 18.6 Å². The van der Waals surface area contributed by atoms with Crippen LogP contribution in [0.1, 0.15) is 5.56 Å². The molecule has 0 aliphatic rings. The summed E-state index contributed by atoms with van der Waals surface area (Å²) in [7, 11) is 0. The first kappa shape index (κ1) is 10.4. The molecule has 0 fully saturated rings. The highest BCUT2D eigenvalue weighted by atomic mass is 15.4. The van der Waals surface area contributed by atoms with Gasteiger partial charge in [0.1, 0.15) is 5.82 Å². The first-order valence-corrected chi connectivity index (χ1v) is 5.06. The standard InChI is InChI=1S/C10H14N6/c1-8-2-3-12-10(9(8)11)13-4-6-16-7-5-14-15-16/h2-3,5,7H,4,6,11H2,1H3,(H,12,13). The Labute approximate surface area is 93.5 Å². The van der Waals surface area contributed by atoms with Gasteiger partial charge in [0.15, 0.2) is 0 Å². The van der Waals surface area contributed by atoms with Crippen molar-refractivity contribution in [1.29, 1.82) is 0 Å². The SMILES string of the molecule is Cc1ccnc(NCCn2ccnn2)c1N. The highest BCUT2D eigenvalue weighted by Gasteiger charge is 2.01. The molecule has 6 nitrogen and oxygen atoms in total. The third kappa shape index (κ3) is 2.28. The predicted octanol–water partition coefficient (Wildman–Crippen LogP) is 0.676. The molecule has 0 bridgehead atoms. The van der Waals surface area contributed by atoms with Crippen LogP contribution in [0, 0.1) is 6.92 Å². The van der Waals surface area contributed by atoms with Gasteiger partial charge in [-0.1, -0.05) is 5.21 Å². The molecule has 0 atom stereocenters. The molecule has 0 aliphatic carbocycles. The van der Waals surface area contributed by atoms with Gasteiger partial charge in [-0.3, -0.25) is 4.68 Å². The average Bonchev–Trinajstić information content (AvgIpc) is 2.77. The van der Waals surface area contributed by atoms with E-state index in [0.29, 0.717) is 12.2 Å². The highest BCUT2D eigenvalue weighted by molar-refractivity contribution is 5.64. The number of nitrogens with two attached hydrogens (primary N) is 1. The molecule has 0 saturated carbocycles. The monoisotopic (exact) mass is 218 g/mol. The van der Waals surface area contributed by atoms with Crippen molar-refractivity contribution in [3.63, 3.8) is 0 Å². The van der Waals surface area contributed by atoms with E-state index in [-0.39, 0.29) is 0 Å². The average molecular weight is 218 g/mol. The van der Waals surface area contributed by atoms with Gasteiger partial charge < -0.3 is 11.1 Å². The molecule has 2 heterocycles. The van der Waals surface area contributed by atoms with Crippen molar-refractivity contribution in [3.8, 4) is 0 Å². The van der Waals surface area contributed by atoms with Gasteiger partial charge in [0, 0.05) is 18.9 Å². The Hall–Kier alpha value is -2.11. The molecule has 16 heavy (non-hydrogen) atoms. The number of hydrogen-bond acceptors (Lipinski definition) is 5. The van der Waals surface area contributed by atoms with E-state index in [9.17, 15) is 0 Å². The molecular weight excluding hydrogens is 204 g/mol. The van der Waals surface area contributed by atoms with Gasteiger partial charge in [0.2, 0.25) is 0 Å². The number of aryl methyl sites for hydroxylation is 1. The zero-order chi connectivity index (χ0) is 11.4. The zero-order valence-electron chi connectivity index (χ0n) is 9.09. The summed E-state index contributed by atoms with van der Waals surface area (Å²) in [6.07, 6.45) is 5.21. The fourth-order valence-corrected chi connectivity index (χ4v) is 1.35. The van der Waals surface area contributed by atoms with Crippen molar-refractivity contribution in [3.05, 3.63) is 30.2 Å². The van der Waals surface area contributed by atoms with Gasteiger partial charge >= 0.3 is 0 Å². The Balaban J connectivity index is 1.92. The molecule has 0 spiro atoms. The molecule has 0 radical (unpaired) electrons. The Kier molecular flexibility index (Phi) is 3.00. The second-order valence-corrected chi connectivity index (χ2v) is 3.48. The third-order valence-corrected chi connectivity index (χ3v) is 2.31. The summed E-state index contributed by atoms with van der Waals surface area (Å²) in [5, 5.41) is 10.8. The quantitative estimate of drug-likeness (QED) is 0.788. The number of nitrogens with zero attached hydrogens (tertiary/aromatic N) is 4. The smallest absolute Gasteiger partial charge is 0.149 e. The van der Waals surface area contributed by atoms with E-state index < -0.39 is 0 Å². The maximum absolute atomic E-state index is 5.88. The number of anilines is 2. The van der Waals surface area contributed by atoms with Crippen molar-refractivity contribution in [1.82, 2.24) is 20.0 Å². The van der Waals surface area contributed by atoms with E-state index in [0.717, 1.165) is 17.9 Å². The predicted molar refractivity (Wildman–Crippen MR) is 61.9 cm³/mol. The van der Waals surface area contributed by atoms with Crippen molar-refractivity contribution in [2.75, 3.05) is 17.6 Å². The molecule has 0 aromatic carbocycles. The lowest BCUT2D eigenvalue weighted by atomic mass is 10.2. The van der Waals surface area contributed by atoms with Crippen molar-refractivity contribution < 1.29 is 0 Å². The minimum Gasteiger partial charge on any atom is -0.396 e. The molecule has 0 saturated heterocycles. The normalized spacial score (nSPS) is 10.3. The lowest BCUT2D eigenvalue weighted by Gasteiger charge is -2.09. The molecule has 3 N–H and O–H groups in total. The Morgan fingerprint density at radius 2 is 2.31 bits per heavy atom. The summed E-state index contributed by atoms with van der Waals surface area (Å²) in [4.78, 5) is 4.18. The number of pyridine rings is 1. The van der Waals surface area contributed by atoms with Crippen LogP contribution in [0.3, 0.4) is 0 Å². The number of aromatic nitrogens is 4. The largest absolute Gasteiger partial charge is 0.396 e. The van der Waals surface area contributed by atoms with Crippen LogP contribution in [0.4, 0.5) is 11.5 Å². The second kappa shape index (κ2) is 4.61. The summed E-state index contributed by atoms with van der Waals surface area (Å²) < 4.78 is 1.75. The van der Waals surface area contributed by atoms with Crippen LogP contribution in [0.15, 0.2) is 24.7 Å². The number of nitrogen functional groups attached to an aromatic ring is 1. The molecule has 6 heteroatoms. The number of rotatable bonds is 4. The molecule has 0 aliphatic heterocycles. The van der Waals surface area contributed by atoms with Crippen LogP contribution in [-0.4, -0.2) is 26.5 Å². The van der Waals surface area contributed by atoms with Crippen LogP contribution >= 0.6 is 0 Å². The third-order valence-electron chi connectivity index (χ3n) is 2.31. The molecule has 2 rings (SSSR count). The van der Waals surface area contributed by atoms with Crippen LogP contribution < -0.4 is 11.1 Å². The highest BCUT2D eigenvalue weighted by Crippen LogP contribution is 2.18. The molecule has 0 unspecified atom stereocenters. The topological polar surface area (TPSA) is 81.7 Å². The minimum atomic E-state index is 0.695. The summed E-state index contributed by atoms with van der Waals surface area (Å²) in [6.45, 7) is 3.40. The van der Waals surface area contributed by atoms with Gasteiger partial charge in [-0.2, -0.15) is 0 Å². The van der Waals surface area contributed by atoms with E-state index >= 15 is 0 Å². The van der Waals surface area contributed by atoms with Gasteiger partial charge in [0.05, 0.1) is 18.4 Å². The Morgan fingerprint density at radius 1 is 1.44 bits per heavy atom. The summed E-state index contributed by atoms with van der Waals surface area (Å²) in [5.74, 6) is 0.722. The molecule has 0 amide bonds. The first-order chi connectivity index (χ1) is 7.77. The van der Waals surface area contributed by atoms with Crippen LogP contribution in [0.5, 0.6) is 0 Å². The Morgan fingerprint density at radius 3 is 3.06 bits per heavy atom. The summed E-state index contributed by atoms with van der Waals surface area (Å²) >= 11 is 0. The number of hydrogen-bond donors (Lipinski definition) is 2. The van der Waals surface area contributed by atoms with Gasteiger partial charge in [-0.15, -0.1) is 5.10 Å². The van der Waals surface area contributed by atoms with Gasteiger partial charge in [0.25, 0.3) is 0 Å². The van der Waals surface area contributed by atoms with Crippen LogP contribution in [0.2, 0.25) is 0 Å². The molecule has 2 aromatic rings. The minimum absolute atomic E-state index is 0.695. The maximum Gasteiger partial charge on any atom is 0.149 e. The summed E-state index contributed by atoms with van der Waals surface area (Å²) in [5.41, 5.74) is 7.60. The lowest BCUT2D eigenvalue weighted by molar-refractivity contribution is 0.608. The fraction of sp³-hybridized carbons (Fsp3) is 0.300. The molecule has 2 aromatic heterocycles. The number of nitrogens with one attached hydrogen (secondary N) is 1. The Bertz CT molecular complexity index is 450. The van der Waals surface area contributed by atoms with E-state index in [1.807, 2.05) is 19.2 Å². The van der Waals surface area contributed by atoms with Crippen molar-refractivity contribution >= 4 is 11.5 Å². The van der Waals surface area contributed by atoms with E-state index in [1.165, 1.54) is 0 Å². The maximum atomic E-state index is 5.88. The van der Waals surface area contributed by atoms with Gasteiger partial charge in [-0.25, -0.2) is 4.98 Å². The van der Waals surface area contributed by atoms with Crippen LogP contribution in [-0.2, 0) is 6.54 Å². The summed E-state index contributed by atoms with van der Waals surface area (Å²) in [6, 6.07) is 1.89. The van der Waals surface area contributed by atoms with E-state index in [2.05, 4.69) is 20.6 Å². The lowest BCUT2D eigenvalue weighted by Crippen LogP contribution is -2.13. The molecular formula is C10H14N6. The van der Waals surface area contributed by atoms with Crippen molar-refractivity contribution in [2.24, 2.45) is 0 Å². The molecule has 84 valence electrons. The van der Waals surface area contributed by atoms with Crippen molar-refractivity contribution in [2.45, 2.75) is 13.5 Å².